The number of hydrogen-bond donors (Lipinski definition) is 1. The molecule has 1 saturated heterocycles. The van der Waals surface area contributed by atoms with Crippen LogP contribution in [0.2, 0.25) is 0 Å². The molecule has 0 radical (unpaired) electrons. The lowest BCUT2D eigenvalue weighted by Crippen LogP contribution is -2.57. The molecule has 1 fully saturated rings. The van der Waals surface area contributed by atoms with E-state index in [2.05, 4.69) is 16.9 Å². The first-order chi connectivity index (χ1) is 13.0. The van der Waals surface area contributed by atoms with Gasteiger partial charge in [-0.25, -0.2) is 4.98 Å². The Hall–Kier alpha value is -2.96. The lowest BCUT2D eigenvalue weighted by atomic mass is 10.0. The van der Waals surface area contributed by atoms with Crippen LogP contribution in [-0.2, 0) is 4.79 Å². The van der Waals surface area contributed by atoms with E-state index in [-0.39, 0.29) is 17.4 Å². The number of nitrogens with zero attached hydrogens (tertiary/aromatic N) is 3. The van der Waals surface area contributed by atoms with E-state index in [4.69, 9.17) is 0 Å². The maximum absolute atomic E-state index is 13.1. The maximum atomic E-state index is 13.1. The van der Waals surface area contributed by atoms with Crippen LogP contribution in [0.25, 0.3) is 11.3 Å². The molecule has 3 rings (SSSR count). The number of unbranched alkanes of at least 4 members (excludes halogenated alkanes) is 1. The van der Waals surface area contributed by atoms with E-state index in [1.165, 1.54) is 12.4 Å². The Morgan fingerprint density at radius 3 is 2.81 bits per heavy atom. The summed E-state index contributed by atoms with van der Waals surface area (Å²) in [5.74, 6) is -0.167. The summed E-state index contributed by atoms with van der Waals surface area (Å²) in [4.78, 5) is 47.3. The summed E-state index contributed by atoms with van der Waals surface area (Å²) in [7, 11) is 1.78. The van der Waals surface area contributed by atoms with Crippen LogP contribution in [0.1, 0.15) is 36.5 Å². The van der Waals surface area contributed by atoms with Crippen LogP contribution in [0.5, 0.6) is 0 Å². The van der Waals surface area contributed by atoms with Gasteiger partial charge in [0.05, 0.1) is 12.0 Å². The first-order valence-electron chi connectivity index (χ1n) is 9.22. The Morgan fingerprint density at radius 1 is 1.26 bits per heavy atom. The monoisotopic (exact) mass is 368 g/mol. The average Bonchev–Trinajstić information content (AvgIpc) is 2.68. The van der Waals surface area contributed by atoms with Crippen molar-refractivity contribution in [1.82, 2.24) is 19.8 Å². The molecule has 1 aliphatic rings. The Balaban J connectivity index is 1.89. The number of nitrogens with one attached hydrogen (secondary N) is 1. The summed E-state index contributed by atoms with van der Waals surface area (Å²) in [5, 5.41) is 0. The van der Waals surface area contributed by atoms with Crippen LogP contribution in [0.15, 0.2) is 41.5 Å². The van der Waals surface area contributed by atoms with Crippen molar-refractivity contribution in [2.75, 3.05) is 20.1 Å². The molecule has 7 heteroatoms. The predicted molar refractivity (Wildman–Crippen MR) is 102 cm³/mol. The van der Waals surface area contributed by atoms with Gasteiger partial charge in [-0.1, -0.05) is 31.9 Å². The van der Waals surface area contributed by atoms with Crippen molar-refractivity contribution >= 4 is 11.8 Å². The number of carbonyl (C=O) groups excluding carboxylic acids is 2. The molecule has 142 valence electrons. The van der Waals surface area contributed by atoms with Crippen molar-refractivity contribution in [3.05, 3.63) is 52.6 Å². The third kappa shape index (κ3) is 4.07. The minimum absolute atomic E-state index is 0.00420. The van der Waals surface area contributed by atoms with Gasteiger partial charge in [0.1, 0.15) is 6.04 Å². The van der Waals surface area contributed by atoms with Gasteiger partial charge < -0.3 is 14.8 Å². The van der Waals surface area contributed by atoms with E-state index < -0.39 is 6.04 Å². The fourth-order valence-electron chi connectivity index (χ4n) is 3.34. The predicted octanol–water partition coefficient (Wildman–Crippen LogP) is 1.91. The van der Waals surface area contributed by atoms with Gasteiger partial charge in [-0.2, -0.15) is 0 Å². The lowest BCUT2D eigenvalue weighted by Gasteiger charge is -2.39. The molecule has 2 amide bonds. The van der Waals surface area contributed by atoms with Gasteiger partial charge in [0.15, 0.2) is 0 Å². The molecule has 1 unspecified atom stereocenters. The van der Waals surface area contributed by atoms with Crippen LogP contribution < -0.4 is 5.56 Å². The van der Waals surface area contributed by atoms with Crippen molar-refractivity contribution in [3.63, 3.8) is 0 Å². The maximum Gasteiger partial charge on any atom is 0.254 e. The Kier molecular flexibility index (Phi) is 5.69. The van der Waals surface area contributed by atoms with Crippen molar-refractivity contribution in [2.24, 2.45) is 0 Å². The highest BCUT2D eigenvalue weighted by Gasteiger charge is 2.35. The van der Waals surface area contributed by atoms with Gasteiger partial charge in [0.25, 0.3) is 11.5 Å². The quantitative estimate of drug-likeness (QED) is 0.873. The summed E-state index contributed by atoms with van der Waals surface area (Å²) in [6, 6.07) is 8.01. The van der Waals surface area contributed by atoms with Gasteiger partial charge in [-0.3, -0.25) is 14.4 Å². The van der Waals surface area contributed by atoms with Gasteiger partial charge in [-0.15, -0.1) is 0 Å². The lowest BCUT2D eigenvalue weighted by molar-refractivity contribution is -0.138. The number of carbonyl (C=O) groups is 2. The second-order valence-corrected chi connectivity index (χ2v) is 6.79. The first kappa shape index (κ1) is 18.8. The zero-order valence-electron chi connectivity index (χ0n) is 15.6. The highest BCUT2D eigenvalue weighted by atomic mass is 16.2. The van der Waals surface area contributed by atoms with E-state index in [9.17, 15) is 14.4 Å². The molecule has 1 aliphatic heterocycles. The van der Waals surface area contributed by atoms with Crippen LogP contribution in [0.4, 0.5) is 0 Å². The number of rotatable bonds is 5. The SMILES string of the molecule is CCCCC1C(=O)N(C)CCN1C(=O)c1cccc(-c2cc(=O)[nH]cn2)c1. The standard InChI is InChI=1S/C20H24N4O3/c1-3-4-8-17-20(27)23(2)9-10-24(17)19(26)15-7-5-6-14(11-15)16-12-18(25)22-13-21-16/h5-7,11-13,17H,3-4,8-10H2,1-2H3,(H,21,22,25). The number of aromatic amines is 1. The highest BCUT2D eigenvalue weighted by molar-refractivity contribution is 5.99. The van der Waals surface area contributed by atoms with E-state index in [0.29, 0.717) is 36.3 Å². The van der Waals surface area contributed by atoms with E-state index in [1.54, 1.807) is 35.0 Å². The molecule has 0 bridgehead atoms. The molecule has 7 nitrogen and oxygen atoms in total. The van der Waals surface area contributed by atoms with Crippen molar-refractivity contribution in [3.8, 4) is 11.3 Å². The molecule has 1 atom stereocenters. The van der Waals surface area contributed by atoms with Crippen molar-refractivity contribution < 1.29 is 9.59 Å². The average molecular weight is 368 g/mol. The van der Waals surface area contributed by atoms with Gasteiger partial charge >= 0.3 is 0 Å². The zero-order valence-corrected chi connectivity index (χ0v) is 15.6. The van der Waals surface area contributed by atoms with Gasteiger partial charge in [0.2, 0.25) is 5.91 Å². The first-order valence-corrected chi connectivity index (χ1v) is 9.22. The molecule has 0 saturated carbocycles. The normalized spacial score (nSPS) is 17.3. The third-order valence-corrected chi connectivity index (χ3v) is 4.89. The summed E-state index contributed by atoms with van der Waals surface area (Å²) in [6.45, 7) is 3.12. The summed E-state index contributed by atoms with van der Waals surface area (Å²) < 4.78 is 0. The molecular weight excluding hydrogens is 344 g/mol. The van der Waals surface area contributed by atoms with E-state index in [1.807, 2.05) is 6.07 Å². The van der Waals surface area contributed by atoms with Crippen LogP contribution in [-0.4, -0.2) is 57.8 Å². The fraction of sp³-hybridized carbons (Fsp3) is 0.400. The van der Waals surface area contributed by atoms with Gasteiger partial charge in [0, 0.05) is 37.3 Å². The molecular formula is C20H24N4O3. The molecule has 2 heterocycles. The van der Waals surface area contributed by atoms with E-state index >= 15 is 0 Å². The zero-order chi connectivity index (χ0) is 19.4. The summed E-state index contributed by atoms with van der Waals surface area (Å²) in [5.41, 5.74) is 1.44. The number of amides is 2. The largest absolute Gasteiger partial charge is 0.342 e. The Labute approximate surface area is 158 Å². The third-order valence-electron chi connectivity index (χ3n) is 4.89. The Morgan fingerprint density at radius 2 is 2.07 bits per heavy atom. The van der Waals surface area contributed by atoms with Crippen molar-refractivity contribution in [2.45, 2.75) is 32.2 Å². The minimum Gasteiger partial charge on any atom is -0.342 e. The second-order valence-electron chi connectivity index (χ2n) is 6.79. The highest BCUT2D eigenvalue weighted by Crippen LogP contribution is 2.22. The molecule has 0 spiro atoms. The molecule has 1 aromatic heterocycles. The number of aromatic nitrogens is 2. The minimum atomic E-state index is -0.419. The molecule has 0 aliphatic carbocycles. The smallest absolute Gasteiger partial charge is 0.254 e. The van der Waals surface area contributed by atoms with Crippen molar-refractivity contribution in [1.29, 1.82) is 0 Å². The van der Waals surface area contributed by atoms with Crippen LogP contribution >= 0.6 is 0 Å². The van der Waals surface area contributed by atoms with Crippen LogP contribution in [0.3, 0.4) is 0 Å². The number of hydrogen-bond acceptors (Lipinski definition) is 4. The molecule has 2 aromatic rings. The molecule has 1 N–H and O–H groups in total. The molecule has 1 aromatic carbocycles. The number of benzene rings is 1. The number of likely N-dealkylation sites (N-methyl/N-ethyl adjacent to an activating group) is 1. The number of H-pyrrole nitrogens is 1. The Bertz CT molecular complexity index is 893. The summed E-state index contributed by atoms with van der Waals surface area (Å²) >= 11 is 0. The topological polar surface area (TPSA) is 86.4 Å². The second kappa shape index (κ2) is 8.16. The summed E-state index contributed by atoms with van der Waals surface area (Å²) in [6.07, 6.45) is 3.87. The molecule has 27 heavy (non-hydrogen) atoms. The van der Waals surface area contributed by atoms with Crippen LogP contribution in [0, 0.1) is 0 Å². The van der Waals surface area contributed by atoms with Gasteiger partial charge in [-0.05, 0) is 18.6 Å². The number of piperazine rings is 1. The van der Waals surface area contributed by atoms with E-state index in [0.717, 1.165) is 12.8 Å². The fourth-order valence-corrected chi connectivity index (χ4v) is 3.34.